The minimum absolute atomic E-state index is 0.0663. The summed E-state index contributed by atoms with van der Waals surface area (Å²) in [6, 6.07) is 10.2. The molecule has 9 unspecified atom stereocenters. The molecule has 0 fully saturated rings. The lowest BCUT2D eigenvalue weighted by molar-refractivity contribution is -0.160. The highest BCUT2D eigenvalue weighted by Crippen LogP contribution is 2.54. The van der Waals surface area contributed by atoms with Crippen molar-refractivity contribution in [2.24, 2.45) is 23.7 Å². The highest BCUT2D eigenvalue weighted by atomic mass is 16.7. The van der Waals surface area contributed by atoms with Crippen molar-refractivity contribution >= 4 is 45.7 Å². The largest absolute Gasteiger partial charge is 0.507 e. The summed E-state index contributed by atoms with van der Waals surface area (Å²) in [5, 5.41) is 48.6. The molecule has 0 spiro atoms. The van der Waals surface area contributed by atoms with Crippen LogP contribution >= 0.6 is 0 Å². The van der Waals surface area contributed by atoms with E-state index >= 15 is 0 Å². The first-order chi connectivity index (χ1) is 29.3. The maximum atomic E-state index is 14.6. The number of rotatable bonds is 7. The van der Waals surface area contributed by atoms with Crippen LogP contribution in [0.1, 0.15) is 71.3 Å². The Morgan fingerprint density at radius 3 is 2.24 bits per heavy atom. The lowest BCUT2D eigenvalue weighted by atomic mass is 9.78. The van der Waals surface area contributed by atoms with Crippen LogP contribution < -0.4 is 19.7 Å². The molecule has 0 saturated carbocycles. The molecule has 3 aromatic carbocycles. The van der Waals surface area contributed by atoms with Gasteiger partial charge >= 0.3 is 11.8 Å². The Bertz CT molecular complexity index is 2270. The Hall–Kier alpha value is -5.90. The fourth-order valence-electron chi connectivity index (χ4n) is 8.08. The number of methoxy groups -OCH3 is 1. The molecule has 2 amide bonds. The summed E-state index contributed by atoms with van der Waals surface area (Å²) in [6.45, 7) is 14.1. The predicted molar refractivity (Wildman–Crippen MR) is 232 cm³/mol. The Kier molecular flexibility index (Phi) is 14.8. The van der Waals surface area contributed by atoms with Gasteiger partial charge in [0, 0.05) is 79.5 Å². The molecule has 15 heteroatoms. The van der Waals surface area contributed by atoms with Crippen molar-refractivity contribution in [1.29, 1.82) is 0 Å². The summed E-state index contributed by atoms with van der Waals surface area (Å²) in [7, 11) is 1.44. The average Bonchev–Trinajstić information content (AvgIpc) is 3.51. The van der Waals surface area contributed by atoms with Crippen LogP contribution in [0.2, 0.25) is 0 Å². The highest BCUT2D eigenvalue weighted by Gasteiger charge is 2.50. The van der Waals surface area contributed by atoms with Crippen LogP contribution in [0, 0.1) is 30.6 Å². The van der Waals surface area contributed by atoms with E-state index in [9.17, 15) is 39.6 Å². The number of fused-ring (bicyclic) bond motifs is 14. The molecule has 0 radical (unpaired) electrons. The van der Waals surface area contributed by atoms with Crippen LogP contribution in [0.3, 0.4) is 0 Å². The number of benzene rings is 3. The van der Waals surface area contributed by atoms with Crippen molar-refractivity contribution in [3.05, 3.63) is 83.7 Å². The number of hydrogen-bond acceptors (Lipinski definition) is 13. The van der Waals surface area contributed by atoms with E-state index < -0.39 is 95.5 Å². The molecule has 5 N–H and O–H groups in total. The summed E-state index contributed by atoms with van der Waals surface area (Å²) in [5.74, 6) is -8.24. The van der Waals surface area contributed by atoms with Crippen LogP contribution in [0.4, 0.5) is 11.4 Å². The number of aromatic hydroxyl groups is 2. The molecule has 0 saturated heterocycles. The van der Waals surface area contributed by atoms with Crippen molar-refractivity contribution in [3.8, 4) is 23.0 Å². The maximum Gasteiger partial charge on any atom is 0.312 e. The Balaban J connectivity index is 1.67. The van der Waals surface area contributed by atoms with Crippen LogP contribution in [0.25, 0.3) is 10.8 Å². The quantitative estimate of drug-likeness (QED) is 0.127. The van der Waals surface area contributed by atoms with Crippen LogP contribution in [-0.2, 0) is 28.6 Å². The molecule has 9 atom stereocenters. The van der Waals surface area contributed by atoms with E-state index in [1.54, 1.807) is 71.0 Å². The SMILES string of the molecule is CCN(C(=O)COc1cc2c(O)c3c(O)c(C)c4c(c13)C(=O)C(C)(O/C=C/C(OC)C(C)C(OC(C)=O)C(C)C(O)C(C)C(O)C(C)/C=C/C=C(\C)C(=O)N2)O4)c1ccccc1. The van der Waals surface area contributed by atoms with E-state index in [-0.39, 0.29) is 44.7 Å². The van der Waals surface area contributed by atoms with Gasteiger partial charge in [-0.25, -0.2) is 0 Å². The van der Waals surface area contributed by atoms with Crippen LogP contribution in [0.5, 0.6) is 23.0 Å². The molecule has 5 bridgehead atoms. The first-order valence-corrected chi connectivity index (χ1v) is 20.6. The van der Waals surface area contributed by atoms with Gasteiger partial charge in [-0.1, -0.05) is 64.1 Å². The molecule has 6 rings (SSSR count). The van der Waals surface area contributed by atoms with Gasteiger partial charge in [-0.15, -0.1) is 0 Å². The summed E-state index contributed by atoms with van der Waals surface area (Å²) >= 11 is 0. The fraction of sp³-hybridized carbons (Fsp3) is 0.447. The van der Waals surface area contributed by atoms with Crippen LogP contribution in [0.15, 0.2) is 72.5 Å². The Labute approximate surface area is 361 Å². The average molecular weight is 859 g/mol. The molecule has 334 valence electrons. The number of likely N-dealkylation sites (N-methyl/N-ethyl adjacent to an activating group) is 1. The van der Waals surface area contributed by atoms with Gasteiger partial charge in [0.05, 0.1) is 41.2 Å². The van der Waals surface area contributed by atoms with Gasteiger partial charge in [-0.3, -0.25) is 19.2 Å². The molecule has 3 aromatic rings. The topological polar surface area (TPSA) is 211 Å². The number of carbonyl (C=O) groups is 4. The number of ether oxygens (including phenoxy) is 5. The molecule has 62 heavy (non-hydrogen) atoms. The number of para-hydroxylation sites is 1. The molecular formula is C47H58N2O13. The number of allylic oxidation sites excluding steroid dienone is 2. The number of Topliss-reactive ketones (excluding diaryl/α,β-unsaturated/α-hetero) is 1. The monoisotopic (exact) mass is 858 g/mol. The second-order valence-electron chi connectivity index (χ2n) is 16.2. The number of amides is 2. The van der Waals surface area contributed by atoms with E-state index in [1.165, 1.54) is 64.2 Å². The zero-order valence-electron chi connectivity index (χ0n) is 36.8. The van der Waals surface area contributed by atoms with E-state index in [4.69, 9.17) is 23.7 Å². The predicted octanol–water partition coefficient (Wildman–Crippen LogP) is 6.48. The number of anilines is 2. The van der Waals surface area contributed by atoms with Crippen molar-refractivity contribution < 1.29 is 63.3 Å². The minimum Gasteiger partial charge on any atom is -0.507 e. The van der Waals surface area contributed by atoms with Gasteiger partial charge in [0.25, 0.3) is 17.6 Å². The molecule has 3 aliphatic rings. The summed E-state index contributed by atoms with van der Waals surface area (Å²) in [4.78, 5) is 55.8. The third kappa shape index (κ3) is 9.44. The van der Waals surface area contributed by atoms with Gasteiger partial charge in [0.2, 0.25) is 0 Å². The van der Waals surface area contributed by atoms with Crippen LogP contribution in [-0.4, -0.2) is 94.5 Å². The van der Waals surface area contributed by atoms with Crippen molar-refractivity contribution in [2.45, 2.75) is 92.5 Å². The third-order valence-electron chi connectivity index (χ3n) is 11.9. The summed E-state index contributed by atoms with van der Waals surface area (Å²) in [5.41, 5.74) is 0.561. The highest BCUT2D eigenvalue weighted by molar-refractivity contribution is 6.21. The Morgan fingerprint density at radius 1 is 0.935 bits per heavy atom. The van der Waals surface area contributed by atoms with Gasteiger partial charge < -0.3 is 54.3 Å². The second-order valence-corrected chi connectivity index (χ2v) is 16.2. The number of ketones is 1. The lowest BCUT2D eigenvalue weighted by Gasteiger charge is -2.38. The Morgan fingerprint density at radius 2 is 1.61 bits per heavy atom. The summed E-state index contributed by atoms with van der Waals surface area (Å²) < 4.78 is 29.9. The van der Waals surface area contributed by atoms with Gasteiger partial charge in [0.1, 0.15) is 23.4 Å². The number of phenols is 2. The lowest BCUT2D eigenvalue weighted by Crippen LogP contribution is -2.46. The number of hydrogen-bond donors (Lipinski definition) is 5. The molecule has 3 heterocycles. The zero-order valence-corrected chi connectivity index (χ0v) is 36.8. The number of aliphatic hydroxyl groups is 2. The number of aliphatic hydroxyl groups excluding tert-OH is 2. The van der Waals surface area contributed by atoms with E-state index in [0.717, 1.165) is 0 Å². The van der Waals surface area contributed by atoms with Gasteiger partial charge in [0.15, 0.2) is 12.4 Å². The fourth-order valence-corrected chi connectivity index (χ4v) is 8.08. The number of esters is 1. The minimum atomic E-state index is -2.04. The second kappa shape index (κ2) is 19.4. The van der Waals surface area contributed by atoms with E-state index in [1.807, 2.05) is 6.07 Å². The smallest absolute Gasteiger partial charge is 0.312 e. The first kappa shape index (κ1) is 47.2. The van der Waals surface area contributed by atoms with E-state index in [2.05, 4.69) is 5.32 Å². The first-order valence-electron chi connectivity index (χ1n) is 20.6. The molecule has 3 aliphatic heterocycles. The molecular weight excluding hydrogens is 801 g/mol. The number of carbonyl (C=O) groups excluding carboxylic acids is 4. The van der Waals surface area contributed by atoms with Crippen molar-refractivity contribution in [3.63, 3.8) is 0 Å². The maximum absolute atomic E-state index is 14.6. The normalized spacial score (nSPS) is 28.9. The number of nitrogens with one attached hydrogen (secondary N) is 1. The third-order valence-corrected chi connectivity index (χ3v) is 11.9. The van der Waals surface area contributed by atoms with E-state index in [0.29, 0.717) is 12.2 Å². The zero-order chi connectivity index (χ0) is 45.8. The summed E-state index contributed by atoms with van der Waals surface area (Å²) in [6.07, 6.45) is 3.55. The van der Waals surface area contributed by atoms with Crippen molar-refractivity contribution in [2.75, 3.05) is 30.5 Å². The molecule has 0 aliphatic carbocycles. The molecule has 15 nitrogen and oxygen atoms in total. The van der Waals surface area contributed by atoms with Gasteiger partial charge in [-0.2, -0.15) is 0 Å². The number of phenolic OH excluding ortho intramolecular Hbond substituents is 2. The van der Waals surface area contributed by atoms with Gasteiger partial charge in [-0.05, 0) is 39.0 Å². The molecule has 0 aromatic heterocycles. The number of nitrogens with zero attached hydrogens (tertiary/aromatic N) is 1. The standard InChI is InChI=1S/C47H58N2O13/c1-11-49(31-18-13-12-14-19-31)35(51)23-59-34-22-32-42(55)37-36(34)38-44(29(7)41(37)54)62-47(9,45(38)56)60-21-20-33(58-10)26(4)43(61-30(8)50)28(6)40(53)27(5)39(52)24(2)16-15-17-25(3)46(57)48-32/h12-22,24,26-28,33,39-40,43,52-55H,11,23H2,1-10H3,(H,48,57)/b16-15+,21-20+,25-17+. The van der Waals surface area contributed by atoms with Crippen molar-refractivity contribution in [1.82, 2.24) is 0 Å².